The third-order valence-electron chi connectivity index (χ3n) is 3.37. The van der Waals surface area contributed by atoms with Gasteiger partial charge >= 0.3 is 5.97 Å². The highest BCUT2D eigenvalue weighted by Gasteiger charge is 2.24. The van der Waals surface area contributed by atoms with E-state index in [1.165, 1.54) is 6.26 Å². The Kier molecular flexibility index (Phi) is 5.53. The maximum atomic E-state index is 12.4. The lowest BCUT2D eigenvalue weighted by Crippen LogP contribution is -2.18. The number of hydrogen-bond donors (Lipinski definition) is 0. The van der Waals surface area contributed by atoms with Gasteiger partial charge in [0.05, 0.1) is 6.26 Å². The quantitative estimate of drug-likeness (QED) is 0.433. The Balaban J connectivity index is 2.15. The zero-order valence-corrected chi connectivity index (χ0v) is 13.8. The molecule has 118 valence electrons. The molecular formula is C21H22O2. The maximum Gasteiger partial charge on any atom is 0.339 e. The summed E-state index contributed by atoms with van der Waals surface area (Å²) in [7, 11) is 0. The average molecular weight is 306 g/mol. The average Bonchev–Trinajstić information content (AvgIpc) is 2.53. The number of rotatable bonds is 4. The van der Waals surface area contributed by atoms with Crippen LogP contribution >= 0.6 is 0 Å². The van der Waals surface area contributed by atoms with E-state index in [-0.39, 0.29) is 11.4 Å². The monoisotopic (exact) mass is 306 g/mol. The highest BCUT2D eigenvalue weighted by molar-refractivity contribution is 5.95. The van der Waals surface area contributed by atoms with Crippen molar-refractivity contribution in [1.82, 2.24) is 0 Å². The Morgan fingerprint density at radius 2 is 1.39 bits per heavy atom. The molecule has 0 saturated heterocycles. The van der Waals surface area contributed by atoms with E-state index in [1.54, 1.807) is 6.08 Å². The fourth-order valence-electron chi connectivity index (χ4n) is 2.10. The first-order valence-electron chi connectivity index (χ1n) is 7.66. The van der Waals surface area contributed by atoms with Crippen molar-refractivity contribution in [1.29, 1.82) is 0 Å². The predicted octanol–water partition coefficient (Wildman–Crippen LogP) is 5.33. The molecule has 0 bridgehead atoms. The van der Waals surface area contributed by atoms with Gasteiger partial charge < -0.3 is 4.74 Å². The Morgan fingerprint density at radius 1 is 0.870 bits per heavy atom. The van der Waals surface area contributed by atoms with E-state index in [0.29, 0.717) is 5.57 Å². The summed E-state index contributed by atoms with van der Waals surface area (Å²) in [6.45, 7) is 6.01. The molecule has 0 aromatic heterocycles. The Hall–Kier alpha value is -2.61. The van der Waals surface area contributed by atoms with Gasteiger partial charge in [-0.1, -0.05) is 81.4 Å². The van der Waals surface area contributed by atoms with Crippen LogP contribution < -0.4 is 0 Å². The van der Waals surface area contributed by atoms with Gasteiger partial charge in [-0.15, -0.1) is 0 Å². The molecule has 2 aromatic carbocycles. The Bertz CT molecular complexity index is 690. The van der Waals surface area contributed by atoms with Crippen molar-refractivity contribution in [3.05, 3.63) is 83.6 Å². The molecule has 2 heteroatoms. The van der Waals surface area contributed by atoms with Crippen LogP contribution in [0.2, 0.25) is 0 Å². The normalized spacial score (nSPS) is 12.4. The largest absolute Gasteiger partial charge is 0.431 e. The third kappa shape index (κ3) is 5.26. The summed E-state index contributed by atoms with van der Waals surface area (Å²) in [5.41, 5.74) is 2.32. The molecule has 0 amide bonds. The third-order valence-corrected chi connectivity index (χ3v) is 3.37. The number of benzene rings is 2. The minimum atomic E-state index is -0.325. The smallest absolute Gasteiger partial charge is 0.339 e. The number of hydrogen-bond acceptors (Lipinski definition) is 2. The maximum absolute atomic E-state index is 12.4. The molecule has 0 aliphatic carbocycles. The van der Waals surface area contributed by atoms with Gasteiger partial charge in [-0.3, -0.25) is 0 Å². The highest BCUT2D eigenvalue weighted by Crippen LogP contribution is 2.28. The van der Waals surface area contributed by atoms with Crippen molar-refractivity contribution in [2.24, 2.45) is 5.41 Å². The van der Waals surface area contributed by atoms with Gasteiger partial charge in [-0.05, 0) is 28.7 Å². The molecule has 0 unspecified atom stereocenters. The van der Waals surface area contributed by atoms with E-state index < -0.39 is 0 Å². The summed E-state index contributed by atoms with van der Waals surface area (Å²) in [5, 5.41) is 0. The van der Waals surface area contributed by atoms with E-state index in [0.717, 1.165) is 11.1 Å². The SMILES string of the molecule is CC(C)(C)C(=Cc1ccccc1)C(=O)OC=Cc1ccccc1. The van der Waals surface area contributed by atoms with Crippen molar-refractivity contribution in [3.63, 3.8) is 0 Å². The van der Waals surface area contributed by atoms with Crippen LogP contribution in [-0.2, 0) is 9.53 Å². The van der Waals surface area contributed by atoms with Crippen LogP contribution in [0.3, 0.4) is 0 Å². The number of esters is 1. The molecule has 0 fully saturated rings. The van der Waals surface area contributed by atoms with E-state index in [1.807, 2.05) is 87.5 Å². The van der Waals surface area contributed by atoms with Gasteiger partial charge in [0.1, 0.15) is 0 Å². The zero-order chi connectivity index (χ0) is 16.7. The molecule has 23 heavy (non-hydrogen) atoms. The van der Waals surface area contributed by atoms with Crippen LogP contribution in [0.15, 0.2) is 72.5 Å². The second-order valence-electron chi connectivity index (χ2n) is 6.34. The molecule has 2 nitrogen and oxygen atoms in total. The molecule has 0 N–H and O–H groups in total. The summed E-state index contributed by atoms with van der Waals surface area (Å²) < 4.78 is 5.32. The van der Waals surface area contributed by atoms with Gasteiger partial charge in [-0.2, -0.15) is 0 Å². The summed E-state index contributed by atoms with van der Waals surface area (Å²) in [6.07, 6.45) is 5.11. The van der Waals surface area contributed by atoms with Crippen LogP contribution in [0.4, 0.5) is 0 Å². The zero-order valence-electron chi connectivity index (χ0n) is 13.8. The topological polar surface area (TPSA) is 26.3 Å². The molecule has 0 aliphatic heterocycles. The fraction of sp³-hybridized carbons (Fsp3) is 0.190. The minimum absolute atomic E-state index is 0.298. The summed E-state index contributed by atoms with van der Waals surface area (Å²) in [4.78, 5) is 12.4. The Morgan fingerprint density at radius 3 is 1.91 bits per heavy atom. The summed E-state index contributed by atoms with van der Waals surface area (Å²) in [6, 6.07) is 19.5. The summed E-state index contributed by atoms with van der Waals surface area (Å²) in [5.74, 6) is -0.325. The predicted molar refractivity (Wildman–Crippen MR) is 95.4 cm³/mol. The second-order valence-corrected chi connectivity index (χ2v) is 6.34. The first kappa shape index (κ1) is 16.8. The molecule has 2 rings (SSSR count). The van der Waals surface area contributed by atoms with E-state index in [4.69, 9.17) is 4.74 Å². The molecule has 0 spiro atoms. The lowest BCUT2D eigenvalue weighted by atomic mass is 9.85. The van der Waals surface area contributed by atoms with Gasteiger partial charge in [0, 0.05) is 5.57 Å². The number of carbonyl (C=O) groups excluding carboxylic acids is 1. The van der Waals surface area contributed by atoms with Gasteiger partial charge in [-0.25, -0.2) is 4.79 Å². The van der Waals surface area contributed by atoms with Crippen molar-refractivity contribution < 1.29 is 9.53 Å². The lowest BCUT2D eigenvalue weighted by molar-refractivity contribution is -0.134. The molecular weight excluding hydrogens is 284 g/mol. The van der Waals surface area contributed by atoms with Crippen LogP contribution in [0.5, 0.6) is 0 Å². The van der Waals surface area contributed by atoms with Crippen molar-refractivity contribution in [2.75, 3.05) is 0 Å². The van der Waals surface area contributed by atoms with Crippen molar-refractivity contribution in [2.45, 2.75) is 20.8 Å². The van der Waals surface area contributed by atoms with Crippen molar-refractivity contribution in [3.8, 4) is 0 Å². The van der Waals surface area contributed by atoms with Crippen LogP contribution in [0.1, 0.15) is 31.9 Å². The fourth-order valence-corrected chi connectivity index (χ4v) is 2.10. The summed E-state index contributed by atoms with van der Waals surface area (Å²) >= 11 is 0. The first-order chi connectivity index (χ1) is 11.0. The van der Waals surface area contributed by atoms with Gasteiger partial charge in [0.2, 0.25) is 0 Å². The van der Waals surface area contributed by atoms with Gasteiger partial charge in [0.15, 0.2) is 0 Å². The van der Waals surface area contributed by atoms with E-state index >= 15 is 0 Å². The molecule has 0 saturated carbocycles. The number of ether oxygens (including phenoxy) is 1. The number of carbonyl (C=O) groups is 1. The first-order valence-corrected chi connectivity index (χ1v) is 7.66. The molecule has 0 heterocycles. The standard InChI is InChI=1S/C21H22O2/c1-21(2,3)19(16-18-12-8-5-9-13-18)20(22)23-15-14-17-10-6-4-7-11-17/h4-16H,1-3H3. The van der Waals surface area contributed by atoms with Gasteiger partial charge in [0.25, 0.3) is 0 Å². The Labute approximate surface area is 138 Å². The van der Waals surface area contributed by atoms with Crippen LogP contribution in [0, 0.1) is 5.41 Å². The molecule has 0 atom stereocenters. The minimum Gasteiger partial charge on any atom is -0.431 e. The highest BCUT2D eigenvalue weighted by atomic mass is 16.5. The lowest BCUT2D eigenvalue weighted by Gasteiger charge is -2.21. The van der Waals surface area contributed by atoms with E-state index in [9.17, 15) is 4.79 Å². The molecule has 2 aromatic rings. The second kappa shape index (κ2) is 7.59. The van der Waals surface area contributed by atoms with Crippen LogP contribution in [0.25, 0.3) is 12.2 Å². The van der Waals surface area contributed by atoms with Crippen molar-refractivity contribution >= 4 is 18.1 Å². The van der Waals surface area contributed by atoms with Crippen LogP contribution in [-0.4, -0.2) is 5.97 Å². The molecule has 0 radical (unpaired) electrons. The molecule has 0 aliphatic rings. The van der Waals surface area contributed by atoms with E-state index in [2.05, 4.69) is 0 Å².